The third kappa shape index (κ3) is 3.31. The van der Waals surface area contributed by atoms with Gasteiger partial charge in [-0.3, -0.25) is 0 Å². The lowest BCUT2D eigenvalue weighted by Crippen LogP contribution is -2.31. The molecule has 0 amide bonds. The summed E-state index contributed by atoms with van der Waals surface area (Å²) >= 11 is 1.07. The molecule has 2 aromatic heterocycles. The van der Waals surface area contributed by atoms with E-state index >= 15 is 0 Å². The predicted molar refractivity (Wildman–Crippen MR) is 83.7 cm³/mol. The highest BCUT2D eigenvalue weighted by Crippen LogP contribution is 2.26. The quantitative estimate of drug-likeness (QED) is 0.505. The molecule has 118 valence electrons. The first kappa shape index (κ1) is 15.4. The molecular formula is C15H14N5O2S-. The summed E-state index contributed by atoms with van der Waals surface area (Å²) in [6, 6.07) is 8.12. The lowest BCUT2D eigenvalue weighted by atomic mass is 10.1. The van der Waals surface area contributed by atoms with E-state index in [1.807, 2.05) is 31.2 Å². The van der Waals surface area contributed by atoms with Gasteiger partial charge >= 0.3 is 0 Å². The number of benzene rings is 1. The van der Waals surface area contributed by atoms with Crippen LogP contribution in [0, 0.1) is 6.92 Å². The molecule has 3 aromatic rings. The molecular weight excluding hydrogens is 314 g/mol. The van der Waals surface area contributed by atoms with Gasteiger partial charge in [0.2, 0.25) is 0 Å². The van der Waals surface area contributed by atoms with Crippen LogP contribution in [0.5, 0.6) is 0 Å². The Hall–Kier alpha value is -2.48. The molecule has 0 bridgehead atoms. The van der Waals surface area contributed by atoms with E-state index in [1.165, 1.54) is 11.9 Å². The Morgan fingerprint density at radius 2 is 2.04 bits per heavy atom. The number of aromatic nitrogens is 5. The smallest absolute Gasteiger partial charge is 0.183 e. The Bertz CT molecular complexity index is 847. The fraction of sp³-hybridized carbons (Fsp3) is 0.267. The zero-order valence-electron chi connectivity index (χ0n) is 12.6. The second-order valence-corrected chi connectivity index (χ2v) is 6.49. The Labute approximate surface area is 136 Å². The van der Waals surface area contributed by atoms with Crippen LogP contribution in [0.4, 0.5) is 0 Å². The third-order valence-corrected chi connectivity index (χ3v) is 4.41. The van der Waals surface area contributed by atoms with E-state index in [0.29, 0.717) is 22.7 Å². The number of aryl methyl sites for hydroxylation is 1. The van der Waals surface area contributed by atoms with Crippen molar-refractivity contribution in [2.75, 3.05) is 0 Å². The summed E-state index contributed by atoms with van der Waals surface area (Å²) < 4.78 is 1.68. The zero-order chi connectivity index (χ0) is 16.4. The zero-order valence-corrected chi connectivity index (χ0v) is 13.4. The minimum absolute atomic E-state index is 0.488. The van der Waals surface area contributed by atoms with Gasteiger partial charge in [-0.25, -0.2) is 14.6 Å². The maximum Gasteiger partial charge on any atom is 0.183 e. The topological polar surface area (TPSA) is 96.6 Å². The molecule has 0 saturated carbocycles. The number of carbonyl (C=O) groups is 1. The van der Waals surface area contributed by atoms with Gasteiger partial charge in [0, 0.05) is 5.25 Å². The van der Waals surface area contributed by atoms with Gasteiger partial charge in [0.25, 0.3) is 0 Å². The molecule has 0 radical (unpaired) electrons. The van der Waals surface area contributed by atoms with E-state index in [1.54, 1.807) is 11.6 Å². The monoisotopic (exact) mass is 328 g/mol. The summed E-state index contributed by atoms with van der Waals surface area (Å²) in [5.41, 5.74) is 3.35. The summed E-state index contributed by atoms with van der Waals surface area (Å²) in [5.74, 6) is -1.14. The van der Waals surface area contributed by atoms with E-state index < -0.39 is 11.2 Å². The van der Waals surface area contributed by atoms with Crippen LogP contribution in [0.15, 0.2) is 35.6 Å². The first-order valence-corrected chi connectivity index (χ1v) is 7.90. The van der Waals surface area contributed by atoms with Crippen LogP contribution in [-0.4, -0.2) is 36.2 Å². The molecule has 0 N–H and O–H groups in total. The second-order valence-electron chi connectivity index (χ2n) is 5.16. The number of aliphatic carboxylic acids is 1. The Balaban J connectivity index is 1.91. The van der Waals surface area contributed by atoms with Crippen molar-refractivity contribution in [2.24, 2.45) is 0 Å². The van der Waals surface area contributed by atoms with Gasteiger partial charge in [-0.15, -0.1) is 5.10 Å². The first-order chi connectivity index (χ1) is 11.0. The van der Waals surface area contributed by atoms with Crippen molar-refractivity contribution in [3.8, 4) is 0 Å². The van der Waals surface area contributed by atoms with Crippen LogP contribution < -0.4 is 5.11 Å². The number of fused-ring (bicyclic) bond motifs is 1. The lowest BCUT2D eigenvalue weighted by Gasteiger charge is -2.10. The van der Waals surface area contributed by atoms with Crippen molar-refractivity contribution >= 4 is 28.9 Å². The Morgan fingerprint density at radius 3 is 2.74 bits per heavy atom. The van der Waals surface area contributed by atoms with Crippen molar-refractivity contribution in [1.82, 2.24) is 25.0 Å². The fourth-order valence-electron chi connectivity index (χ4n) is 2.05. The van der Waals surface area contributed by atoms with Crippen LogP contribution >= 0.6 is 11.8 Å². The van der Waals surface area contributed by atoms with Gasteiger partial charge in [0.15, 0.2) is 11.2 Å². The number of nitrogens with zero attached hydrogens (tertiary/aromatic N) is 5. The summed E-state index contributed by atoms with van der Waals surface area (Å²) in [6.45, 7) is 4.11. The van der Waals surface area contributed by atoms with Gasteiger partial charge < -0.3 is 9.90 Å². The van der Waals surface area contributed by atoms with Gasteiger partial charge in [-0.2, -0.15) is 0 Å². The average Bonchev–Trinajstić information content (AvgIpc) is 2.94. The highest BCUT2D eigenvalue weighted by Gasteiger charge is 2.15. The van der Waals surface area contributed by atoms with Crippen molar-refractivity contribution in [2.45, 2.75) is 30.7 Å². The van der Waals surface area contributed by atoms with Gasteiger partial charge in [-0.1, -0.05) is 46.8 Å². The van der Waals surface area contributed by atoms with E-state index in [9.17, 15) is 9.90 Å². The van der Waals surface area contributed by atoms with E-state index in [2.05, 4.69) is 20.3 Å². The molecule has 0 aliphatic carbocycles. The third-order valence-electron chi connectivity index (χ3n) is 3.34. The molecule has 8 heteroatoms. The first-order valence-electron chi connectivity index (χ1n) is 7.02. The van der Waals surface area contributed by atoms with E-state index in [4.69, 9.17) is 0 Å². The molecule has 0 aliphatic rings. The standard InChI is InChI=1S/C15H15N5O2S/c1-9-3-5-11(6-4-9)7-20-13-12(18-19-20)14(17-8-16-13)23-10(2)15(21)22/h3-6,8,10H,7H2,1-2H3,(H,21,22)/p-1/t10-/m1/s1. The maximum atomic E-state index is 10.9. The van der Waals surface area contributed by atoms with Gasteiger partial charge in [-0.05, 0) is 19.4 Å². The van der Waals surface area contributed by atoms with Crippen LogP contribution in [0.1, 0.15) is 18.1 Å². The van der Waals surface area contributed by atoms with Crippen LogP contribution in [0.2, 0.25) is 0 Å². The number of carbonyl (C=O) groups excluding carboxylic acids is 1. The lowest BCUT2D eigenvalue weighted by molar-refractivity contribution is -0.304. The minimum atomic E-state index is -1.14. The number of thioether (sulfide) groups is 1. The number of carboxylic acids is 1. The highest BCUT2D eigenvalue weighted by atomic mass is 32.2. The number of hydrogen-bond donors (Lipinski definition) is 0. The second kappa shape index (κ2) is 6.33. The maximum absolute atomic E-state index is 10.9. The molecule has 0 unspecified atom stereocenters. The molecule has 1 aromatic carbocycles. The van der Waals surface area contributed by atoms with Crippen molar-refractivity contribution in [1.29, 1.82) is 0 Å². The molecule has 23 heavy (non-hydrogen) atoms. The van der Waals surface area contributed by atoms with Crippen LogP contribution in [-0.2, 0) is 11.3 Å². The summed E-state index contributed by atoms with van der Waals surface area (Å²) in [4.78, 5) is 19.2. The van der Waals surface area contributed by atoms with Gasteiger partial charge in [0.05, 0.1) is 12.5 Å². The predicted octanol–water partition coefficient (Wildman–Crippen LogP) is 0.809. The minimum Gasteiger partial charge on any atom is -0.549 e. The number of rotatable bonds is 5. The summed E-state index contributed by atoms with van der Waals surface area (Å²) in [7, 11) is 0. The normalized spacial score (nSPS) is 12.4. The average molecular weight is 328 g/mol. The fourth-order valence-corrected chi connectivity index (χ4v) is 2.83. The molecule has 0 aliphatic heterocycles. The van der Waals surface area contributed by atoms with Gasteiger partial charge in [0.1, 0.15) is 11.4 Å². The SMILES string of the molecule is Cc1ccc(Cn2nnc3c(S[C@H](C)C(=O)[O-])ncnc32)cc1. The molecule has 3 rings (SSSR count). The van der Waals surface area contributed by atoms with Crippen molar-refractivity contribution in [3.05, 3.63) is 41.7 Å². The van der Waals surface area contributed by atoms with Crippen LogP contribution in [0.3, 0.4) is 0 Å². The van der Waals surface area contributed by atoms with E-state index in [0.717, 1.165) is 17.3 Å². The van der Waals surface area contributed by atoms with Crippen molar-refractivity contribution < 1.29 is 9.90 Å². The summed E-state index contributed by atoms with van der Waals surface area (Å²) in [5, 5.41) is 18.9. The summed E-state index contributed by atoms with van der Waals surface area (Å²) in [6.07, 6.45) is 1.39. The number of carboxylic acid groups (broad SMARTS) is 1. The molecule has 2 heterocycles. The molecule has 0 fully saturated rings. The molecule has 0 saturated heterocycles. The Morgan fingerprint density at radius 1 is 1.30 bits per heavy atom. The molecule has 0 spiro atoms. The van der Waals surface area contributed by atoms with Crippen molar-refractivity contribution in [3.63, 3.8) is 0 Å². The molecule has 1 atom stereocenters. The Kier molecular flexibility index (Phi) is 4.24. The number of hydrogen-bond acceptors (Lipinski definition) is 7. The van der Waals surface area contributed by atoms with E-state index in [-0.39, 0.29) is 0 Å². The highest BCUT2D eigenvalue weighted by molar-refractivity contribution is 8.00. The molecule has 7 nitrogen and oxygen atoms in total. The largest absolute Gasteiger partial charge is 0.549 e. The van der Waals surface area contributed by atoms with Crippen LogP contribution in [0.25, 0.3) is 11.2 Å².